The van der Waals surface area contributed by atoms with Gasteiger partial charge in [-0.25, -0.2) is 4.99 Å². The molecule has 0 aromatic carbocycles. The zero-order valence-electron chi connectivity index (χ0n) is 11.9. The summed E-state index contributed by atoms with van der Waals surface area (Å²) in [5.74, 6) is 1.38. The van der Waals surface area contributed by atoms with Crippen molar-refractivity contribution >= 4 is 5.90 Å². The van der Waals surface area contributed by atoms with Gasteiger partial charge in [-0.15, -0.1) is 0 Å². The van der Waals surface area contributed by atoms with Crippen LogP contribution in [0.15, 0.2) is 4.99 Å². The van der Waals surface area contributed by atoms with Crippen molar-refractivity contribution in [3.8, 4) is 0 Å². The summed E-state index contributed by atoms with van der Waals surface area (Å²) in [6.45, 7) is 15.5. The molecule has 94 valence electrons. The first kappa shape index (κ1) is 13.5. The van der Waals surface area contributed by atoms with Gasteiger partial charge in [-0.2, -0.15) is 0 Å². The van der Waals surface area contributed by atoms with Crippen molar-refractivity contribution in [3.63, 3.8) is 0 Å². The molecule has 0 radical (unpaired) electrons. The molecule has 1 aliphatic heterocycles. The highest BCUT2D eigenvalue weighted by molar-refractivity contribution is 5.79. The third kappa shape index (κ3) is 4.15. The minimum Gasteiger partial charge on any atom is -0.478 e. The number of ether oxygens (including phenoxy) is 1. The number of nitrogens with zero attached hydrogens (tertiary/aromatic N) is 1. The predicted octanol–water partition coefficient (Wildman–Crippen LogP) is 4.04. The Morgan fingerprint density at radius 3 is 2.44 bits per heavy atom. The quantitative estimate of drug-likeness (QED) is 0.695. The van der Waals surface area contributed by atoms with Crippen molar-refractivity contribution in [2.24, 2.45) is 16.3 Å². The van der Waals surface area contributed by atoms with E-state index in [0.717, 1.165) is 18.7 Å². The first-order chi connectivity index (χ1) is 7.09. The van der Waals surface area contributed by atoms with Crippen LogP contribution >= 0.6 is 0 Å². The Balaban J connectivity index is 2.76. The molecular formula is C14H27NO. The van der Waals surface area contributed by atoms with Gasteiger partial charge in [-0.3, -0.25) is 0 Å². The summed E-state index contributed by atoms with van der Waals surface area (Å²) in [7, 11) is 0. The van der Waals surface area contributed by atoms with E-state index in [2.05, 4.69) is 48.5 Å². The molecule has 16 heavy (non-hydrogen) atoms. The minimum atomic E-state index is 0.0408. The first-order valence-electron chi connectivity index (χ1n) is 6.35. The maximum atomic E-state index is 5.88. The molecule has 0 bridgehead atoms. The van der Waals surface area contributed by atoms with Crippen LogP contribution in [0.1, 0.15) is 61.3 Å². The largest absolute Gasteiger partial charge is 0.478 e. The molecule has 0 aromatic rings. The summed E-state index contributed by atoms with van der Waals surface area (Å²) in [5.41, 5.74) is 0.370. The second kappa shape index (κ2) is 4.38. The Hall–Kier alpha value is -0.530. The Bertz CT molecular complexity index is 273. The lowest BCUT2D eigenvalue weighted by atomic mass is 9.84. The van der Waals surface area contributed by atoms with E-state index in [1.807, 2.05) is 0 Å². The van der Waals surface area contributed by atoms with Crippen LogP contribution in [-0.2, 0) is 4.74 Å². The van der Waals surface area contributed by atoms with Gasteiger partial charge in [-0.1, -0.05) is 27.7 Å². The predicted molar refractivity (Wildman–Crippen MR) is 69.9 cm³/mol. The van der Waals surface area contributed by atoms with Crippen LogP contribution in [0.25, 0.3) is 0 Å². The standard InChI is InChI=1S/C14H27NO/c1-10(8-13(3,4)5)12-15-14(6,7)9-11(2)16-12/h10-11H,8-9H2,1-7H3/t10-,11+/m1/s1. The Kier molecular flexibility index (Phi) is 3.71. The highest BCUT2D eigenvalue weighted by Gasteiger charge is 2.31. The Morgan fingerprint density at radius 2 is 2.00 bits per heavy atom. The van der Waals surface area contributed by atoms with Gasteiger partial charge >= 0.3 is 0 Å². The maximum absolute atomic E-state index is 5.88. The molecule has 2 heteroatoms. The molecule has 0 amide bonds. The van der Waals surface area contributed by atoms with Crippen LogP contribution in [0.4, 0.5) is 0 Å². The van der Waals surface area contributed by atoms with Crippen LogP contribution in [0.5, 0.6) is 0 Å². The zero-order valence-corrected chi connectivity index (χ0v) is 11.9. The smallest absolute Gasteiger partial charge is 0.186 e. The van der Waals surface area contributed by atoms with Gasteiger partial charge in [0.2, 0.25) is 0 Å². The lowest BCUT2D eigenvalue weighted by Gasteiger charge is -2.35. The van der Waals surface area contributed by atoms with E-state index in [9.17, 15) is 0 Å². The van der Waals surface area contributed by atoms with Crippen molar-refractivity contribution in [1.29, 1.82) is 0 Å². The lowest BCUT2D eigenvalue weighted by molar-refractivity contribution is 0.127. The summed E-state index contributed by atoms with van der Waals surface area (Å²) >= 11 is 0. The molecule has 2 atom stereocenters. The van der Waals surface area contributed by atoms with Crippen LogP contribution in [0.2, 0.25) is 0 Å². The molecule has 2 nitrogen and oxygen atoms in total. The summed E-state index contributed by atoms with van der Waals surface area (Å²) in [5, 5.41) is 0. The third-order valence-corrected chi connectivity index (χ3v) is 2.86. The SMILES string of the molecule is C[C@H](CC(C)(C)C)C1=NC(C)(C)C[C@H](C)O1. The van der Waals surface area contributed by atoms with Gasteiger partial charge in [0.1, 0.15) is 0 Å². The van der Waals surface area contributed by atoms with Crippen LogP contribution < -0.4 is 0 Å². The molecule has 1 heterocycles. The molecule has 0 unspecified atom stereocenters. The molecule has 0 fully saturated rings. The molecule has 1 aliphatic rings. The normalized spacial score (nSPS) is 26.9. The molecule has 1 rings (SSSR count). The molecule has 0 saturated carbocycles. The fraction of sp³-hybridized carbons (Fsp3) is 0.929. The van der Waals surface area contributed by atoms with Crippen LogP contribution in [-0.4, -0.2) is 17.5 Å². The number of hydrogen-bond acceptors (Lipinski definition) is 2. The van der Waals surface area contributed by atoms with Gasteiger partial charge in [0.05, 0.1) is 11.6 Å². The van der Waals surface area contributed by atoms with Crippen LogP contribution in [0.3, 0.4) is 0 Å². The molecule has 0 spiro atoms. The average molecular weight is 225 g/mol. The van der Waals surface area contributed by atoms with E-state index in [-0.39, 0.29) is 5.54 Å². The molecule has 0 aliphatic carbocycles. The van der Waals surface area contributed by atoms with E-state index in [1.165, 1.54) is 0 Å². The van der Waals surface area contributed by atoms with Gasteiger partial charge in [0.15, 0.2) is 5.90 Å². The van der Waals surface area contributed by atoms with E-state index in [4.69, 9.17) is 9.73 Å². The Labute approximate surface area is 100 Å². The zero-order chi connectivity index (χ0) is 12.6. The molecule has 0 N–H and O–H groups in total. The molecular weight excluding hydrogens is 198 g/mol. The second-order valence-corrected chi connectivity index (χ2v) is 7.06. The summed E-state index contributed by atoms with van der Waals surface area (Å²) in [6.07, 6.45) is 2.43. The van der Waals surface area contributed by atoms with E-state index in [0.29, 0.717) is 17.4 Å². The highest BCUT2D eigenvalue weighted by Crippen LogP contribution is 2.30. The topological polar surface area (TPSA) is 21.6 Å². The van der Waals surface area contributed by atoms with Crippen molar-refractivity contribution < 1.29 is 4.74 Å². The van der Waals surface area contributed by atoms with Crippen molar-refractivity contribution in [1.82, 2.24) is 0 Å². The third-order valence-electron chi connectivity index (χ3n) is 2.86. The van der Waals surface area contributed by atoms with Crippen LogP contribution in [0, 0.1) is 11.3 Å². The molecule has 0 aromatic heterocycles. The van der Waals surface area contributed by atoms with Crippen molar-refractivity contribution in [3.05, 3.63) is 0 Å². The van der Waals surface area contributed by atoms with Crippen molar-refractivity contribution in [2.75, 3.05) is 0 Å². The monoisotopic (exact) mass is 225 g/mol. The van der Waals surface area contributed by atoms with E-state index >= 15 is 0 Å². The average Bonchev–Trinajstić information content (AvgIpc) is 1.96. The minimum absolute atomic E-state index is 0.0408. The van der Waals surface area contributed by atoms with Gasteiger partial charge < -0.3 is 4.74 Å². The fourth-order valence-corrected chi connectivity index (χ4v) is 2.55. The van der Waals surface area contributed by atoms with Crippen molar-refractivity contribution in [2.45, 2.75) is 73.0 Å². The van der Waals surface area contributed by atoms with E-state index < -0.39 is 0 Å². The Morgan fingerprint density at radius 1 is 1.44 bits per heavy atom. The number of aliphatic imine (C=N–C) groups is 1. The van der Waals surface area contributed by atoms with Gasteiger partial charge in [0, 0.05) is 12.3 Å². The van der Waals surface area contributed by atoms with E-state index in [1.54, 1.807) is 0 Å². The second-order valence-electron chi connectivity index (χ2n) is 7.06. The van der Waals surface area contributed by atoms with Gasteiger partial charge in [-0.05, 0) is 32.6 Å². The fourth-order valence-electron chi connectivity index (χ4n) is 2.55. The maximum Gasteiger partial charge on any atom is 0.186 e. The molecule has 0 saturated heterocycles. The summed E-state index contributed by atoms with van der Waals surface area (Å²) in [4.78, 5) is 4.74. The number of hydrogen-bond donors (Lipinski definition) is 0. The summed E-state index contributed by atoms with van der Waals surface area (Å²) in [6, 6.07) is 0. The van der Waals surface area contributed by atoms with Gasteiger partial charge in [0.25, 0.3) is 0 Å². The highest BCUT2D eigenvalue weighted by atomic mass is 16.5. The number of rotatable bonds is 2. The summed E-state index contributed by atoms with van der Waals surface area (Å²) < 4.78 is 5.88. The lowest BCUT2D eigenvalue weighted by Crippen LogP contribution is -2.37. The first-order valence-corrected chi connectivity index (χ1v) is 6.35.